The molecule has 0 fully saturated rings. The number of hydrazone groups is 1. The molecule has 0 aliphatic heterocycles. The average molecular weight is 379 g/mol. The molecule has 3 aromatic rings. The molecule has 0 saturated carbocycles. The molecular weight excluding hydrogens is 358 g/mol. The highest BCUT2D eigenvalue weighted by atomic mass is 16.5. The maximum atomic E-state index is 12.2. The van der Waals surface area contributed by atoms with Gasteiger partial charge in [0.2, 0.25) is 5.95 Å². The number of rotatable bonds is 8. The molecule has 0 spiro atoms. The lowest BCUT2D eigenvalue weighted by Gasteiger charge is -2.10. The number of anilines is 1. The van der Waals surface area contributed by atoms with Gasteiger partial charge in [0.25, 0.3) is 5.56 Å². The van der Waals surface area contributed by atoms with Crippen molar-refractivity contribution in [3.05, 3.63) is 64.4 Å². The molecule has 0 bridgehead atoms. The third-order valence-corrected chi connectivity index (χ3v) is 3.78. The molecule has 0 atom stereocenters. The Morgan fingerprint density at radius 1 is 1.14 bits per heavy atom. The Hall–Kier alpha value is -3.68. The number of hydrogen-bond acceptors (Lipinski definition) is 7. The summed E-state index contributed by atoms with van der Waals surface area (Å²) in [7, 11) is 1.59. The molecule has 1 aromatic heterocycles. The molecule has 1 heterocycles. The second kappa shape index (κ2) is 9.31. The van der Waals surface area contributed by atoms with Crippen LogP contribution in [0.4, 0.5) is 5.95 Å². The van der Waals surface area contributed by atoms with Gasteiger partial charge in [0.05, 0.1) is 19.9 Å². The summed E-state index contributed by atoms with van der Waals surface area (Å²) < 4.78 is 11.0. The molecule has 8 nitrogen and oxygen atoms in total. The highest BCUT2D eigenvalue weighted by Gasteiger charge is 2.07. The van der Waals surface area contributed by atoms with Crippen molar-refractivity contribution in [2.45, 2.75) is 13.3 Å². The SMILES string of the molecule is CCCOc1ccc(/C=N/Nc2nnc(-c3ccccc3)c(=O)[nH]2)cc1OC. The Kier molecular flexibility index (Phi) is 6.35. The van der Waals surface area contributed by atoms with Gasteiger partial charge in [-0.3, -0.25) is 9.78 Å². The minimum absolute atomic E-state index is 0.149. The van der Waals surface area contributed by atoms with Crippen molar-refractivity contribution in [3.8, 4) is 22.8 Å². The fraction of sp³-hybridized carbons (Fsp3) is 0.200. The van der Waals surface area contributed by atoms with E-state index in [1.807, 2.05) is 43.3 Å². The van der Waals surface area contributed by atoms with Crippen LogP contribution in [-0.4, -0.2) is 35.1 Å². The molecule has 8 heteroatoms. The number of ether oxygens (including phenoxy) is 2. The largest absolute Gasteiger partial charge is 0.493 e. The summed E-state index contributed by atoms with van der Waals surface area (Å²) in [4.78, 5) is 14.8. The lowest BCUT2D eigenvalue weighted by atomic mass is 10.2. The predicted molar refractivity (Wildman–Crippen MR) is 108 cm³/mol. The van der Waals surface area contributed by atoms with Crippen LogP contribution in [0.25, 0.3) is 11.3 Å². The number of nitrogens with one attached hydrogen (secondary N) is 2. The van der Waals surface area contributed by atoms with E-state index >= 15 is 0 Å². The molecule has 0 amide bonds. The first-order valence-corrected chi connectivity index (χ1v) is 8.83. The van der Waals surface area contributed by atoms with Crippen LogP contribution in [0.5, 0.6) is 11.5 Å². The zero-order valence-corrected chi connectivity index (χ0v) is 15.7. The predicted octanol–water partition coefficient (Wildman–Crippen LogP) is 3.08. The van der Waals surface area contributed by atoms with Crippen molar-refractivity contribution in [1.82, 2.24) is 15.2 Å². The zero-order chi connectivity index (χ0) is 19.8. The number of methoxy groups -OCH3 is 1. The van der Waals surface area contributed by atoms with Gasteiger partial charge in [0.15, 0.2) is 17.2 Å². The molecule has 3 rings (SSSR count). The lowest BCUT2D eigenvalue weighted by Crippen LogP contribution is -2.15. The fourth-order valence-corrected chi connectivity index (χ4v) is 2.44. The molecule has 0 saturated heterocycles. The smallest absolute Gasteiger partial charge is 0.279 e. The van der Waals surface area contributed by atoms with E-state index in [1.54, 1.807) is 25.5 Å². The van der Waals surface area contributed by atoms with E-state index in [-0.39, 0.29) is 17.2 Å². The number of H-pyrrole nitrogens is 1. The molecule has 0 radical (unpaired) electrons. The Morgan fingerprint density at radius 2 is 1.96 bits per heavy atom. The maximum absolute atomic E-state index is 12.2. The van der Waals surface area contributed by atoms with Crippen LogP contribution in [0, 0.1) is 0 Å². The van der Waals surface area contributed by atoms with Gasteiger partial charge in [-0.2, -0.15) is 5.10 Å². The summed E-state index contributed by atoms with van der Waals surface area (Å²) in [5.74, 6) is 1.45. The highest BCUT2D eigenvalue weighted by Crippen LogP contribution is 2.27. The third kappa shape index (κ3) is 4.73. The number of aromatic nitrogens is 3. The van der Waals surface area contributed by atoms with Crippen LogP contribution in [0.2, 0.25) is 0 Å². The van der Waals surface area contributed by atoms with E-state index in [0.717, 1.165) is 12.0 Å². The van der Waals surface area contributed by atoms with Gasteiger partial charge in [-0.1, -0.05) is 37.3 Å². The maximum Gasteiger partial charge on any atom is 0.279 e. The van der Waals surface area contributed by atoms with Crippen LogP contribution in [0.15, 0.2) is 58.4 Å². The highest BCUT2D eigenvalue weighted by molar-refractivity contribution is 5.81. The second-order valence-corrected chi connectivity index (χ2v) is 5.85. The topological polar surface area (TPSA) is 101 Å². The molecule has 0 aliphatic carbocycles. The van der Waals surface area contributed by atoms with Crippen molar-refractivity contribution in [1.29, 1.82) is 0 Å². The van der Waals surface area contributed by atoms with Gasteiger partial charge >= 0.3 is 0 Å². The molecule has 28 heavy (non-hydrogen) atoms. The first-order valence-electron chi connectivity index (χ1n) is 8.83. The van der Waals surface area contributed by atoms with Crippen LogP contribution >= 0.6 is 0 Å². The van der Waals surface area contributed by atoms with Crippen LogP contribution in [0.1, 0.15) is 18.9 Å². The van der Waals surface area contributed by atoms with E-state index in [2.05, 4.69) is 25.7 Å². The van der Waals surface area contributed by atoms with Crippen LogP contribution in [-0.2, 0) is 0 Å². The van der Waals surface area contributed by atoms with E-state index < -0.39 is 0 Å². The molecule has 2 aromatic carbocycles. The molecule has 0 aliphatic rings. The third-order valence-electron chi connectivity index (χ3n) is 3.78. The van der Waals surface area contributed by atoms with E-state index in [9.17, 15) is 4.79 Å². The van der Waals surface area contributed by atoms with Crippen molar-refractivity contribution < 1.29 is 9.47 Å². The molecule has 0 unspecified atom stereocenters. The summed E-state index contributed by atoms with van der Waals surface area (Å²) in [5, 5.41) is 12.0. The second-order valence-electron chi connectivity index (χ2n) is 5.85. The van der Waals surface area contributed by atoms with Crippen LogP contribution < -0.4 is 20.5 Å². The Morgan fingerprint density at radius 3 is 2.68 bits per heavy atom. The van der Waals surface area contributed by atoms with Crippen molar-refractivity contribution in [2.24, 2.45) is 5.10 Å². The van der Waals surface area contributed by atoms with Crippen molar-refractivity contribution in [2.75, 3.05) is 19.1 Å². The Bertz CT molecular complexity index is 1000. The van der Waals surface area contributed by atoms with Gasteiger partial charge in [-0.25, -0.2) is 5.43 Å². The average Bonchev–Trinajstić information content (AvgIpc) is 2.73. The standard InChI is InChI=1S/C20H21N5O3/c1-3-11-28-16-10-9-14(12-17(16)27-2)13-21-24-20-22-19(26)18(23-25-20)15-7-5-4-6-8-15/h4-10,12-13H,3,11H2,1-2H3,(H2,22,24,25,26)/b21-13+. The van der Waals surface area contributed by atoms with Crippen molar-refractivity contribution in [3.63, 3.8) is 0 Å². The monoisotopic (exact) mass is 379 g/mol. The van der Waals surface area contributed by atoms with Gasteiger partial charge < -0.3 is 9.47 Å². The van der Waals surface area contributed by atoms with Gasteiger partial charge in [-0.05, 0) is 30.2 Å². The summed E-state index contributed by atoms with van der Waals surface area (Å²) in [6.45, 7) is 2.66. The quantitative estimate of drug-likeness (QED) is 0.461. The first-order chi connectivity index (χ1) is 13.7. The van der Waals surface area contributed by atoms with E-state index in [4.69, 9.17) is 9.47 Å². The van der Waals surface area contributed by atoms with Gasteiger partial charge in [0.1, 0.15) is 0 Å². The van der Waals surface area contributed by atoms with Crippen molar-refractivity contribution >= 4 is 12.2 Å². The zero-order valence-electron chi connectivity index (χ0n) is 15.7. The van der Waals surface area contributed by atoms with Gasteiger partial charge in [0, 0.05) is 5.56 Å². The fourth-order valence-electron chi connectivity index (χ4n) is 2.44. The Balaban J connectivity index is 1.69. The number of nitrogens with zero attached hydrogens (tertiary/aromatic N) is 3. The Labute approximate surface area is 162 Å². The minimum atomic E-state index is -0.349. The summed E-state index contributed by atoms with van der Waals surface area (Å²) in [6.07, 6.45) is 2.50. The minimum Gasteiger partial charge on any atom is -0.493 e. The van der Waals surface area contributed by atoms with E-state index in [1.165, 1.54) is 0 Å². The summed E-state index contributed by atoms with van der Waals surface area (Å²) in [6, 6.07) is 14.6. The number of benzene rings is 2. The number of hydrogen-bond donors (Lipinski definition) is 2. The molecule has 144 valence electrons. The first kappa shape index (κ1) is 19.1. The van der Waals surface area contributed by atoms with E-state index in [0.29, 0.717) is 23.7 Å². The summed E-state index contributed by atoms with van der Waals surface area (Å²) in [5.41, 5.74) is 4.06. The lowest BCUT2D eigenvalue weighted by molar-refractivity contribution is 0.294. The van der Waals surface area contributed by atoms with Gasteiger partial charge in [-0.15, -0.1) is 10.2 Å². The van der Waals surface area contributed by atoms with Crippen LogP contribution in [0.3, 0.4) is 0 Å². The number of aromatic amines is 1. The normalized spacial score (nSPS) is 10.8. The summed E-state index contributed by atoms with van der Waals surface area (Å²) >= 11 is 0. The molecular formula is C20H21N5O3. The molecule has 2 N–H and O–H groups in total.